The van der Waals surface area contributed by atoms with Gasteiger partial charge in [-0.15, -0.1) is 11.8 Å². The summed E-state index contributed by atoms with van der Waals surface area (Å²) in [6.07, 6.45) is 4.09. The molecular weight excluding hydrogens is 246 g/mol. The van der Waals surface area contributed by atoms with Gasteiger partial charge in [0.25, 0.3) is 0 Å². The Hall–Kier alpha value is -1.54. The summed E-state index contributed by atoms with van der Waals surface area (Å²) >= 11 is 1.59. The highest BCUT2D eigenvalue weighted by atomic mass is 32.2. The van der Waals surface area contributed by atoms with Crippen molar-refractivity contribution in [3.05, 3.63) is 22.4 Å². The summed E-state index contributed by atoms with van der Waals surface area (Å²) in [5, 5.41) is 18.2. The predicted molar refractivity (Wildman–Crippen MR) is 69.1 cm³/mol. The quantitative estimate of drug-likeness (QED) is 0.776. The van der Waals surface area contributed by atoms with E-state index in [9.17, 15) is 5.26 Å². The van der Waals surface area contributed by atoms with Crippen molar-refractivity contribution in [3.63, 3.8) is 0 Å². The van der Waals surface area contributed by atoms with Gasteiger partial charge in [0.05, 0.1) is 17.7 Å². The van der Waals surface area contributed by atoms with Gasteiger partial charge in [0.15, 0.2) is 0 Å². The number of rotatable bonds is 0. The van der Waals surface area contributed by atoms with Gasteiger partial charge in [0.1, 0.15) is 11.1 Å². The fraction of sp³-hybridized carbons (Fsp3) is 0.462. The fourth-order valence-electron chi connectivity index (χ4n) is 2.51. The van der Waals surface area contributed by atoms with Crippen molar-refractivity contribution < 1.29 is 4.74 Å². The van der Waals surface area contributed by atoms with Crippen LogP contribution in [0.25, 0.3) is 0 Å². The molecule has 0 saturated carbocycles. The number of thioether (sulfide) groups is 1. The molecule has 0 radical (unpaired) electrons. The van der Waals surface area contributed by atoms with E-state index in [0.29, 0.717) is 17.7 Å². The molecule has 3 rings (SSSR count). The first-order valence-electron chi connectivity index (χ1n) is 6.11. The number of aryl methyl sites for hydroxylation is 1. The molecule has 0 unspecified atom stereocenters. The van der Waals surface area contributed by atoms with Crippen molar-refractivity contribution >= 4 is 17.7 Å². The highest BCUT2D eigenvalue weighted by Crippen LogP contribution is 2.33. The number of hydrogen-bond acceptors (Lipinski definition) is 5. The average Bonchev–Trinajstić information content (AvgIpc) is 2.58. The third kappa shape index (κ3) is 1.77. The van der Waals surface area contributed by atoms with Crippen molar-refractivity contribution in [3.8, 4) is 6.07 Å². The molecule has 1 aliphatic heterocycles. The normalized spacial score (nSPS) is 18.1. The Kier molecular flexibility index (Phi) is 2.96. The van der Waals surface area contributed by atoms with Crippen molar-refractivity contribution in [2.24, 2.45) is 0 Å². The third-order valence-corrected chi connectivity index (χ3v) is 4.29. The zero-order valence-electron chi connectivity index (χ0n) is 9.95. The lowest BCUT2D eigenvalue weighted by Crippen LogP contribution is -2.15. The second-order valence-electron chi connectivity index (χ2n) is 4.44. The molecule has 0 fully saturated rings. The zero-order chi connectivity index (χ0) is 12.5. The summed E-state index contributed by atoms with van der Waals surface area (Å²) < 4.78 is 5.33. The molecule has 0 bridgehead atoms. The standard InChI is InChI=1S/C13H13N3OS/c14-7-9-8-3-1-2-4-10(8)16-13-11(9)12(15)17-5-6-18-13/h15H,1-6H2. The molecule has 4 nitrogen and oxygen atoms in total. The second-order valence-corrected chi connectivity index (χ2v) is 5.52. The number of pyridine rings is 1. The summed E-state index contributed by atoms with van der Waals surface area (Å²) in [5.74, 6) is 0.888. The number of nitriles is 1. The monoisotopic (exact) mass is 259 g/mol. The van der Waals surface area contributed by atoms with E-state index in [4.69, 9.17) is 10.1 Å². The highest BCUT2D eigenvalue weighted by molar-refractivity contribution is 7.99. The van der Waals surface area contributed by atoms with E-state index in [-0.39, 0.29) is 5.90 Å². The Morgan fingerprint density at radius 2 is 2.17 bits per heavy atom. The molecule has 0 spiro atoms. The van der Waals surface area contributed by atoms with Gasteiger partial charge in [0.2, 0.25) is 5.90 Å². The Morgan fingerprint density at radius 1 is 1.33 bits per heavy atom. The largest absolute Gasteiger partial charge is 0.477 e. The lowest BCUT2D eigenvalue weighted by atomic mass is 9.90. The minimum absolute atomic E-state index is 0.104. The smallest absolute Gasteiger partial charge is 0.217 e. The van der Waals surface area contributed by atoms with Crippen LogP contribution in [0.2, 0.25) is 0 Å². The minimum atomic E-state index is 0.104. The maximum Gasteiger partial charge on any atom is 0.217 e. The SMILES string of the molecule is N#Cc1c2c(nc3c1C(=N)OCCS3)CCCC2. The van der Waals surface area contributed by atoms with E-state index in [1.165, 1.54) is 0 Å². The van der Waals surface area contributed by atoms with Gasteiger partial charge in [-0.3, -0.25) is 5.41 Å². The Bertz CT molecular complexity index is 562. The van der Waals surface area contributed by atoms with Gasteiger partial charge in [-0.05, 0) is 31.2 Å². The second kappa shape index (κ2) is 4.62. The Morgan fingerprint density at radius 3 is 3.00 bits per heavy atom. The summed E-state index contributed by atoms with van der Waals surface area (Å²) in [4.78, 5) is 4.66. The lowest BCUT2D eigenvalue weighted by Gasteiger charge is -2.19. The molecule has 92 valence electrons. The van der Waals surface area contributed by atoms with Crippen LogP contribution in [0.3, 0.4) is 0 Å². The first-order chi connectivity index (χ1) is 8.81. The molecule has 1 aromatic rings. The molecule has 5 heteroatoms. The summed E-state index contributed by atoms with van der Waals surface area (Å²) in [6, 6.07) is 2.27. The maximum atomic E-state index is 9.42. The lowest BCUT2D eigenvalue weighted by molar-refractivity contribution is 0.330. The molecule has 2 heterocycles. The highest BCUT2D eigenvalue weighted by Gasteiger charge is 2.26. The van der Waals surface area contributed by atoms with Gasteiger partial charge in [-0.25, -0.2) is 4.98 Å². The van der Waals surface area contributed by atoms with Crippen LogP contribution in [0.1, 0.15) is 35.2 Å². The first kappa shape index (κ1) is 11.5. The molecule has 0 saturated heterocycles. The molecular formula is C13H13N3OS. The molecule has 2 aliphatic rings. The van der Waals surface area contributed by atoms with Crippen molar-refractivity contribution in [2.75, 3.05) is 12.4 Å². The van der Waals surface area contributed by atoms with Crippen LogP contribution >= 0.6 is 11.8 Å². The molecule has 1 aliphatic carbocycles. The molecule has 0 aromatic carbocycles. The van der Waals surface area contributed by atoms with E-state index in [2.05, 4.69) is 11.1 Å². The van der Waals surface area contributed by atoms with Crippen LogP contribution in [0, 0.1) is 16.7 Å². The maximum absolute atomic E-state index is 9.42. The third-order valence-electron chi connectivity index (χ3n) is 3.35. The number of ether oxygens (including phenoxy) is 1. The van der Waals surface area contributed by atoms with E-state index in [0.717, 1.165) is 47.7 Å². The van der Waals surface area contributed by atoms with Crippen LogP contribution in [0.4, 0.5) is 0 Å². The van der Waals surface area contributed by atoms with Gasteiger partial charge >= 0.3 is 0 Å². The fourth-order valence-corrected chi connectivity index (χ4v) is 3.38. The average molecular weight is 259 g/mol. The van der Waals surface area contributed by atoms with Crippen molar-refractivity contribution in [1.29, 1.82) is 10.7 Å². The van der Waals surface area contributed by atoms with Crippen LogP contribution in [0.15, 0.2) is 5.03 Å². The number of hydrogen-bond donors (Lipinski definition) is 1. The topological polar surface area (TPSA) is 69.8 Å². The number of aromatic nitrogens is 1. The summed E-state index contributed by atoms with van der Waals surface area (Å²) in [5.41, 5.74) is 3.33. The van der Waals surface area contributed by atoms with Crippen LogP contribution in [0.5, 0.6) is 0 Å². The molecule has 0 atom stereocenters. The zero-order valence-corrected chi connectivity index (χ0v) is 10.8. The molecule has 1 N–H and O–H groups in total. The molecule has 1 aromatic heterocycles. The first-order valence-corrected chi connectivity index (χ1v) is 7.10. The number of nitrogens with zero attached hydrogens (tertiary/aromatic N) is 2. The minimum Gasteiger partial charge on any atom is -0.477 e. The van der Waals surface area contributed by atoms with Crippen LogP contribution < -0.4 is 0 Å². The van der Waals surface area contributed by atoms with E-state index in [1.807, 2.05) is 0 Å². The van der Waals surface area contributed by atoms with Gasteiger partial charge in [-0.1, -0.05) is 0 Å². The Labute approximate surface area is 110 Å². The molecule has 18 heavy (non-hydrogen) atoms. The summed E-state index contributed by atoms with van der Waals surface area (Å²) in [7, 11) is 0. The van der Waals surface area contributed by atoms with Gasteiger partial charge in [-0.2, -0.15) is 5.26 Å². The van der Waals surface area contributed by atoms with Crippen molar-refractivity contribution in [1.82, 2.24) is 4.98 Å². The number of fused-ring (bicyclic) bond motifs is 2. The van der Waals surface area contributed by atoms with Crippen LogP contribution in [-0.2, 0) is 17.6 Å². The molecule has 0 amide bonds. The number of nitrogens with one attached hydrogen (secondary N) is 1. The van der Waals surface area contributed by atoms with Crippen LogP contribution in [-0.4, -0.2) is 23.2 Å². The van der Waals surface area contributed by atoms with Gasteiger partial charge in [0, 0.05) is 11.4 Å². The van der Waals surface area contributed by atoms with E-state index >= 15 is 0 Å². The van der Waals surface area contributed by atoms with E-state index < -0.39 is 0 Å². The van der Waals surface area contributed by atoms with Gasteiger partial charge < -0.3 is 4.74 Å². The van der Waals surface area contributed by atoms with E-state index in [1.54, 1.807) is 11.8 Å². The Balaban J connectivity index is 2.25. The summed E-state index contributed by atoms with van der Waals surface area (Å²) in [6.45, 7) is 0.509. The van der Waals surface area contributed by atoms with Crippen molar-refractivity contribution in [2.45, 2.75) is 30.7 Å². The predicted octanol–water partition coefficient (Wildman–Crippen LogP) is 2.28.